The van der Waals surface area contributed by atoms with Gasteiger partial charge in [0.1, 0.15) is 11.9 Å². The quantitative estimate of drug-likeness (QED) is 0.595. The standard InChI is InChI=1S/C22H34O4/c1-7-20(5,25)8-9-22-12-16-14(3)21(6,18(22)11-17(16)24)19(10-13(22)2)26-15(4)23/h7,13-14,16,18-19,25H,1,8-12H2,2-6H3. The molecule has 8 atom stereocenters. The van der Waals surface area contributed by atoms with Crippen LogP contribution in [0.1, 0.15) is 66.7 Å². The lowest BCUT2D eigenvalue weighted by molar-refractivity contribution is -0.243. The zero-order chi connectivity index (χ0) is 19.5. The van der Waals surface area contributed by atoms with Crippen molar-refractivity contribution in [1.82, 2.24) is 0 Å². The number of carbonyl (C=O) groups excluding carboxylic acids is 2. The first kappa shape index (κ1) is 19.6. The van der Waals surface area contributed by atoms with Gasteiger partial charge in [-0.1, -0.05) is 26.8 Å². The van der Waals surface area contributed by atoms with Crippen molar-refractivity contribution in [2.24, 2.45) is 34.5 Å². The molecule has 0 aromatic rings. The van der Waals surface area contributed by atoms with Gasteiger partial charge in [0.05, 0.1) is 5.60 Å². The molecule has 4 fully saturated rings. The molecule has 4 aliphatic carbocycles. The van der Waals surface area contributed by atoms with Crippen molar-refractivity contribution in [2.45, 2.75) is 78.4 Å². The van der Waals surface area contributed by atoms with Crippen molar-refractivity contribution in [3.8, 4) is 0 Å². The molecule has 1 N–H and O–H groups in total. The van der Waals surface area contributed by atoms with E-state index in [1.807, 2.05) is 0 Å². The summed E-state index contributed by atoms with van der Waals surface area (Å²) in [5.41, 5.74) is -1.03. The second-order valence-electron chi connectivity index (χ2n) is 9.72. The summed E-state index contributed by atoms with van der Waals surface area (Å²) >= 11 is 0. The molecule has 0 amide bonds. The zero-order valence-corrected chi connectivity index (χ0v) is 16.9. The van der Waals surface area contributed by atoms with Crippen molar-refractivity contribution in [3.05, 3.63) is 12.7 Å². The maximum absolute atomic E-state index is 12.7. The van der Waals surface area contributed by atoms with Gasteiger partial charge in [-0.2, -0.15) is 0 Å². The van der Waals surface area contributed by atoms with Gasteiger partial charge in [-0.25, -0.2) is 0 Å². The van der Waals surface area contributed by atoms with Crippen LogP contribution in [0.3, 0.4) is 0 Å². The third kappa shape index (κ3) is 2.67. The Bertz CT molecular complexity index is 624. The van der Waals surface area contributed by atoms with Gasteiger partial charge in [-0.15, -0.1) is 6.58 Å². The molecule has 146 valence electrons. The lowest BCUT2D eigenvalue weighted by Crippen LogP contribution is -2.69. The van der Waals surface area contributed by atoms with Gasteiger partial charge < -0.3 is 9.84 Å². The molecule has 4 heteroatoms. The molecule has 0 aromatic heterocycles. The van der Waals surface area contributed by atoms with E-state index in [1.54, 1.807) is 13.0 Å². The van der Waals surface area contributed by atoms with E-state index in [-0.39, 0.29) is 40.7 Å². The SMILES string of the molecule is C=CC(C)(O)CCC12CC3C(=O)CC1C(C)(C(OC(C)=O)CC2C)C3C. The topological polar surface area (TPSA) is 63.6 Å². The summed E-state index contributed by atoms with van der Waals surface area (Å²) in [6.45, 7) is 13.7. The molecule has 0 heterocycles. The van der Waals surface area contributed by atoms with Gasteiger partial charge in [0.2, 0.25) is 0 Å². The van der Waals surface area contributed by atoms with Crippen LogP contribution in [-0.4, -0.2) is 28.6 Å². The van der Waals surface area contributed by atoms with Crippen LogP contribution in [-0.2, 0) is 14.3 Å². The molecule has 4 rings (SSSR count). The van der Waals surface area contributed by atoms with E-state index in [0.717, 1.165) is 19.3 Å². The van der Waals surface area contributed by atoms with Gasteiger partial charge >= 0.3 is 5.97 Å². The van der Waals surface area contributed by atoms with Crippen molar-refractivity contribution < 1.29 is 19.4 Å². The molecule has 0 aromatic carbocycles. The Morgan fingerprint density at radius 2 is 2.12 bits per heavy atom. The number of rotatable bonds is 5. The first-order valence-electron chi connectivity index (χ1n) is 10.0. The van der Waals surface area contributed by atoms with E-state index >= 15 is 0 Å². The number of carbonyl (C=O) groups is 2. The number of fused-ring (bicyclic) bond motifs is 1. The Balaban J connectivity index is 2.00. The van der Waals surface area contributed by atoms with E-state index in [1.165, 1.54) is 6.92 Å². The van der Waals surface area contributed by atoms with Crippen LogP contribution in [0.4, 0.5) is 0 Å². The normalized spacial score (nSPS) is 46.5. The molecule has 4 nitrogen and oxygen atoms in total. The summed E-state index contributed by atoms with van der Waals surface area (Å²) in [5, 5.41) is 10.5. The second kappa shape index (κ2) is 6.19. The maximum atomic E-state index is 12.7. The fourth-order valence-corrected chi connectivity index (χ4v) is 6.63. The maximum Gasteiger partial charge on any atom is 0.302 e. The highest BCUT2D eigenvalue weighted by atomic mass is 16.5. The lowest BCUT2D eigenvalue weighted by Gasteiger charge is -2.69. The average molecular weight is 363 g/mol. The van der Waals surface area contributed by atoms with Crippen LogP contribution >= 0.6 is 0 Å². The number of Topliss-reactive ketones (excluding diaryl/α,β-unsaturated/α-hetero) is 1. The van der Waals surface area contributed by atoms with E-state index < -0.39 is 5.60 Å². The molecule has 8 unspecified atom stereocenters. The Morgan fingerprint density at radius 1 is 1.46 bits per heavy atom. The Morgan fingerprint density at radius 3 is 2.69 bits per heavy atom. The smallest absolute Gasteiger partial charge is 0.302 e. The zero-order valence-electron chi connectivity index (χ0n) is 16.9. The predicted molar refractivity (Wildman–Crippen MR) is 100 cm³/mol. The van der Waals surface area contributed by atoms with Gasteiger partial charge in [0.15, 0.2) is 0 Å². The van der Waals surface area contributed by atoms with E-state index in [0.29, 0.717) is 24.5 Å². The minimum Gasteiger partial charge on any atom is -0.462 e. The monoisotopic (exact) mass is 362 g/mol. The van der Waals surface area contributed by atoms with E-state index in [9.17, 15) is 14.7 Å². The highest BCUT2D eigenvalue weighted by molar-refractivity contribution is 5.84. The minimum absolute atomic E-state index is 0.0312. The van der Waals surface area contributed by atoms with E-state index in [2.05, 4.69) is 27.4 Å². The van der Waals surface area contributed by atoms with Gasteiger partial charge in [-0.3, -0.25) is 9.59 Å². The second-order valence-corrected chi connectivity index (χ2v) is 9.72. The fraction of sp³-hybridized carbons (Fsp3) is 0.818. The largest absolute Gasteiger partial charge is 0.462 e. The molecule has 26 heavy (non-hydrogen) atoms. The first-order valence-corrected chi connectivity index (χ1v) is 10.0. The molecule has 4 saturated carbocycles. The van der Waals surface area contributed by atoms with Crippen LogP contribution in [0.25, 0.3) is 0 Å². The van der Waals surface area contributed by atoms with Crippen LogP contribution in [0.2, 0.25) is 0 Å². The predicted octanol–water partition coefficient (Wildman–Crippen LogP) is 3.91. The Hall–Kier alpha value is -1.16. The Kier molecular flexibility index (Phi) is 4.66. The van der Waals surface area contributed by atoms with Crippen LogP contribution in [0.5, 0.6) is 0 Å². The highest BCUT2D eigenvalue weighted by Gasteiger charge is 2.69. The first-order chi connectivity index (χ1) is 12.0. The highest BCUT2D eigenvalue weighted by Crippen LogP contribution is 2.71. The lowest BCUT2D eigenvalue weighted by atomic mass is 9.35. The van der Waals surface area contributed by atoms with Gasteiger partial charge in [0, 0.05) is 24.7 Å². The molecule has 0 spiro atoms. The molecule has 4 bridgehead atoms. The van der Waals surface area contributed by atoms with Crippen LogP contribution < -0.4 is 0 Å². The van der Waals surface area contributed by atoms with Crippen molar-refractivity contribution >= 4 is 11.8 Å². The number of hydrogen-bond donors (Lipinski definition) is 1. The molecule has 0 saturated heterocycles. The van der Waals surface area contributed by atoms with Gasteiger partial charge in [0.25, 0.3) is 0 Å². The summed E-state index contributed by atoms with van der Waals surface area (Å²) in [4.78, 5) is 24.4. The molecular formula is C22H34O4. The number of aliphatic hydroxyl groups is 1. The summed E-state index contributed by atoms with van der Waals surface area (Å²) in [5.74, 6) is 0.968. The summed E-state index contributed by atoms with van der Waals surface area (Å²) in [7, 11) is 0. The summed E-state index contributed by atoms with van der Waals surface area (Å²) in [6, 6.07) is 0. The molecule has 0 aliphatic heterocycles. The van der Waals surface area contributed by atoms with Crippen LogP contribution in [0, 0.1) is 34.5 Å². The number of esters is 1. The van der Waals surface area contributed by atoms with Crippen molar-refractivity contribution in [1.29, 1.82) is 0 Å². The summed E-state index contributed by atoms with van der Waals surface area (Å²) < 4.78 is 5.80. The molecular weight excluding hydrogens is 328 g/mol. The van der Waals surface area contributed by atoms with Crippen molar-refractivity contribution in [3.63, 3.8) is 0 Å². The number of hydrogen-bond acceptors (Lipinski definition) is 4. The number of ether oxygens (including phenoxy) is 1. The third-order valence-corrected chi connectivity index (χ3v) is 8.54. The fourth-order valence-electron chi connectivity index (χ4n) is 6.63. The molecule has 4 aliphatic rings. The molecule has 0 radical (unpaired) electrons. The van der Waals surface area contributed by atoms with Gasteiger partial charge in [-0.05, 0) is 55.8 Å². The van der Waals surface area contributed by atoms with Crippen molar-refractivity contribution in [2.75, 3.05) is 0 Å². The Labute approximate surface area is 157 Å². The number of ketones is 1. The minimum atomic E-state index is -0.885. The van der Waals surface area contributed by atoms with E-state index in [4.69, 9.17) is 4.74 Å². The average Bonchev–Trinajstić information content (AvgIpc) is 2.56. The summed E-state index contributed by atoms with van der Waals surface area (Å²) in [6.07, 6.45) is 5.37. The van der Waals surface area contributed by atoms with Crippen LogP contribution in [0.15, 0.2) is 12.7 Å². The third-order valence-electron chi connectivity index (χ3n) is 8.54.